The van der Waals surface area contributed by atoms with Gasteiger partial charge in [-0.05, 0) is 63.4 Å². The van der Waals surface area contributed by atoms with E-state index in [4.69, 9.17) is 4.98 Å². The van der Waals surface area contributed by atoms with Crippen LogP contribution in [-0.2, 0) is 5.60 Å². The van der Waals surface area contributed by atoms with Gasteiger partial charge in [-0.15, -0.1) is 0 Å². The van der Waals surface area contributed by atoms with E-state index in [0.717, 1.165) is 33.9 Å². The van der Waals surface area contributed by atoms with E-state index in [2.05, 4.69) is 25.9 Å². The zero-order chi connectivity index (χ0) is 19.7. The Bertz CT molecular complexity index is 978. The van der Waals surface area contributed by atoms with Gasteiger partial charge >= 0.3 is 0 Å². The Morgan fingerprint density at radius 1 is 0.929 bits per heavy atom. The largest absolute Gasteiger partial charge is 0.383 e. The van der Waals surface area contributed by atoms with E-state index in [1.54, 1.807) is 6.20 Å². The van der Waals surface area contributed by atoms with Crippen LogP contribution in [-0.4, -0.2) is 38.1 Å². The lowest BCUT2D eigenvalue weighted by molar-refractivity contribution is 0.00736. The van der Waals surface area contributed by atoms with Crippen LogP contribution in [0, 0.1) is 20.8 Å². The molecule has 0 saturated carbocycles. The molecule has 1 fully saturated rings. The number of aryl methyl sites for hydroxylation is 3. The molecule has 1 saturated heterocycles. The molecule has 4 heterocycles. The van der Waals surface area contributed by atoms with E-state index >= 15 is 0 Å². The van der Waals surface area contributed by atoms with Crippen molar-refractivity contribution in [3.63, 3.8) is 0 Å². The number of aliphatic hydroxyl groups is 1. The number of hydrogen-bond acceptors (Lipinski definition) is 6. The summed E-state index contributed by atoms with van der Waals surface area (Å²) >= 11 is 0. The number of nitrogens with zero attached hydrogens (tertiary/aromatic N) is 5. The maximum absolute atomic E-state index is 11.1. The molecule has 0 spiro atoms. The third kappa shape index (κ3) is 3.60. The van der Waals surface area contributed by atoms with E-state index in [1.807, 2.05) is 51.2 Å². The normalized spacial score (nSPS) is 16.2. The van der Waals surface area contributed by atoms with Gasteiger partial charge in [0.25, 0.3) is 0 Å². The van der Waals surface area contributed by atoms with Crippen LogP contribution in [0.15, 0.2) is 42.7 Å². The Hall–Kier alpha value is -2.86. The van der Waals surface area contributed by atoms with Crippen LogP contribution in [0.1, 0.15) is 35.5 Å². The molecule has 4 rings (SSSR count). The minimum Gasteiger partial charge on any atom is -0.383 e. The van der Waals surface area contributed by atoms with Gasteiger partial charge in [-0.25, -0.2) is 9.97 Å². The number of piperidine rings is 1. The Balaban J connectivity index is 1.53. The first-order chi connectivity index (χ1) is 13.4. The third-order valence-corrected chi connectivity index (χ3v) is 5.41. The highest BCUT2D eigenvalue weighted by molar-refractivity contribution is 5.62. The van der Waals surface area contributed by atoms with Crippen LogP contribution < -0.4 is 4.90 Å². The first kappa shape index (κ1) is 18.5. The van der Waals surface area contributed by atoms with Crippen molar-refractivity contribution in [3.8, 4) is 11.3 Å². The summed E-state index contributed by atoms with van der Waals surface area (Å²) in [5.74, 6) is 0.691. The highest BCUT2D eigenvalue weighted by Gasteiger charge is 2.35. The van der Waals surface area contributed by atoms with Gasteiger partial charge < -0.3 is 10.0 Å². The molecule has 6 nitrogen and oxygen atoms in total. The fraction of sp³-hybridized carbons (Fsp3) is 0.364. The monoisotopic (exact) mass is 375 g/mol. The molecule has 0 aliphatic carbocycles. The van der Waals surface area contributed by atoms with Crippen molar-refractivity contribution in [1.29, 1.82) is 0 Å². The predicted molar refractivity (Wildman–Crippen MR) is 109 cm³/mol. The van der Waals surface area contributed by atoms with Crippen LogP contribution in [0.3, 0.4) is 0 Å². The van der Waals surface area contributed by atoms with Crippen molar-refractivity contribution in [2.24, 2.45) is 0 Å². The number of anilines is 1. The van der Waals surface area contributed by atoms with E-state index in [9.17, 15) is 5.11 Å². The summed E-state index contributed by atoms with van der Waals surface area (Å²) in [7, 11) is 0. The molecule has 0 unspecified atom stereocenters. The number of pyridine rings is 2. The maximum Gasteiger partial charge on any atom is 0.225 e. The fourth-order valence-electron chi connectivity index (χ4n) is 3.68. The molecule has 144 valence electrons. The van der Waals surface area contributed by atoms with Crippen LogP contribution in [0.2, 0.25) is 0 Å². The molecule has 0 aromatic carbocycles. The number of rotatable bonds is 3. The van der Waals surface area contributed by atoms with E-state index in [0.29, 0.717) is 31.9 Å². The number of aromatic nitrogens is 4. The molecule has 6 heteroatoms. The van der Waals surface area contributed by atoms with Crippen molar-refractivity contribution in [3.05, 3.63) is 65.4 Å². The van der Waals surface area contributed by atoms with Gasteiger partial charge in [0.05, 0.1) is 11.4 Å². The van der Waals surface area contributed by atoms with Gasteiger partial charge in [-0.1, -0.05) is 6.07 Å². The quantitative estimate of drug-likeness (QED) is 0.757. The van der Waals surface area contributed by atoms with Crippen LogP contribution in [0.5, 0.6) is 0 Å². The minimum atomic E-state index is -0.890. The van der Waals surface area contributed by atoms with Gasteiger partial charge in [0.15, 0.2) is 0 Å². The van der Waals surface area contributed by atoms with E-state index in [-0.39, 0.29) is 0 Å². The molecule has 0 radical (unpaired) electrons. The van der Waals surface area contributed by atoms with Gasteiger partial charge in [0.2, 0.25) is 5.95 Å². The Morgan fingerprint density at radius 2 is 1.71 bits per heavy atom. The average molecular weight is 375 g/mol. The van der Waals surface area contributed by atoms with Crippen molar-refractivity contribution in [1.82, 2.24) is 19.9 Å². The van der Waals surface area contributed by atoms with Gasteiger partial charge in [-0.3, -0.25) is 9.97 Å². The molecule has 1 N–H and O–H groups in total. The topological polar surface area (TPSA) is 75.0 Å². The Morgan fingerprint density at radius 3 is 2.39 bits per heavy atom. The zero-order valence-corrected chi connectivity index (χ0v) is 16.6. The van der Waals surface area contributed by atoms with Gasteiger partial charge in [0.1, 0.15) is 5.60 Å². The van der Waals surface area contributed by atoms with Crippen molar-refractivity contribution in [2.75, 3.05) is 18.0 Å². The average Bonchev–Trinajstić information content (AvgIpc) is 2.69. The molecule has 3 aromatic heterocycles. The first-order valence-electron chi connectivity index (χ1n) is 9.63. The van der Waals surface area contributed by atoms with Crippen LogP contribution in [0.25, 0.3) is 11.3 Å². The Kier molecular flexibility index (Phi) is 4.81. The lowest BCUT2D eigenvalue weighted by atomic mass is 9.87. The fourth-order valence-corrected chi connectivity index (χ4v) is 3.68. The summed E-state index contributed by atoms with van der Waals surface area (Å²) in [6, 6.07) is 9.90. The summed E-state index contributed by atoms with van der Waals surface area (Å²) in [5, 5.41) is 11.1. The van der Waals surface area contributed by atoms with Crippen molar-refractivity contribution < 1.29 is 5.11 Å². The highest BCUT2D eigenvalue weighted by Crippen LogP contribution is 2.33. The molecule has 0 bridgehead atoms. The second kappa shape index (κ2) is 7.28. The lowest BCUT2D eigenvalue weighted by Gasteiger charge is -2.37. The predicted octanol–water partition coefficient (Wildman–Crippen LogP) is 3.35. The second-order valence-electron chi connectivity index (χ2n) is 7.57. The number of hydrogen-bond donors (Lipinski definition) is 1. The molecular formula is C22H25N5O. The van der Waals surface area contributed by atoms with Gasteiger partial charge in [-0.2, -0.15) is 0 Å². The van der Waals surface area contributed by atoms with Crippen LogP contribution >= 0.6 is 0 Å². The molecule has 1 aliphatic heterocycles. The molecule has 28 heavy (non-hydrogen) atoms. The maximum atomic E-state index is 11.1. The Labute approximate surface area is 165 Å². The van der Waals surface area contributed by atoms with E-state index in [1.165, 1.54) is 0 Å². The zero-order valence-electron chi connectivity index (χ0n) is 16.6. The highest BCUT2D eigenvalue weighted by atomic mass is 16.3. The minimum absolute atomic E-state index is 0.599. The summed E-state index contributed by atoms with van der Waals surface area (Å²) < 4.78 is 0. The first-order valence-corrected chi connectivity index (χ1v) is 9.63. The smallest absolute Gasteiger partial charge is 0.225 e. The summed E-state index contributed by atoms with van der Waals surface area (Å²) in [5.41, 5.74) is 4.80. The third-order valence-electron chi connectivity index (χ3n) is 5.41. The van der Waals surface area contributed by atoms with Crippen molar-refractivity contribution in [2.45, 2.75) is 39.2 Å². The van der Waals surface area contributed by atoms with E-state index < -0.39 is 5.60 Å². The second-order valence-corrected chi connectivity index (χ2v) is 7.57. The van der Waals surface area contributed by atoms with Crippen molar-refractivity contribution >= 4 is 5.95 Å². The molecule has 0 amide bonds. The lowest BCUT2D eigenvalue weighted by Crippen LogP contribution is -2.43. The summed E-state index contributed by atoms with van der Waals surface area (Å²) in [6.07, 6.45) is 4.80. The summed E-state index contributed by atoms with van der Waals surface area (Å²) in [6.45, 7) is 7.35. The van der Waals surface area contributed by atoms with Crippen LogP contribution in [0.4, 0.5) is 5.95 Å². The summed E-state index contributed by atoms with van der Waals surface area (Å²) in [4.78, 5) is 20.3. The standard InChI is InChI=1S/C22H25N5O/c1-15-4-7-20(24-14-15)22(28)9-12-27(13-10-22)21-23-11-8-19(26-21)18-6-5-16(2)25-17(18)3/h4-8,11,14,28H,9-10,12-13H2,1-3H3. The van der Waals surface area contributed by atoms with Gasteiger partial charge in [0, 0.05) is 42.4 Å². The molecular weight excluding hydrogens is 350 g/mol. The molecule has 0 atom stereocenters. The SMILES string of the molecule is Cc1ccc(C2(O)CCN(c3nccc(-c4ccc(C)nc4C)n3)CC2)nc1. The molecule has 1 aliphatic rings. The molecule has 3 aromatic rings.